The van der Waals surface area contributed by atoms with E-state index < -0.39 is 0 Å². The number of rotatable bonds is 3. The molecule has 1 heterocycles. The molecule has 25 heavy (non-hydrogen) atoms. The normalized spacial score (nSPS) is 10.9. The molecule has 0 radical (unpaired) electrons. The van der Waals surface area contributed by atoms with Crippen molar-refractivity contribution in [3.8, 4) is 11.3 Å². The second-order valence-corrected chi connectivity index (χ2v) is 6.19. The molecule has 0 aliphatic carbocycles. The molecule has 122 valence electrons. The summed E-state index contributed by atoms with van der Waals surface area (Å²) in [6, 6.07) is 25.8. The van der Waals surface area contributed by atoms with Crippen LogP contribution in [0.3, 0.4) is 0 Å². The lowest BCUT2D eigenvalue weighted by atomic mass is 10.1. The van der Waals surface area contributed by atoms with Crippen LogP contribution in [0.15, 0.2) is 83.7 Å². The van der Waals surface area contributed by atoms with Crippen molar-refractivity contribution < 1.29 is 0 Å². The van der Waals surface area contributed by atoms with Gasteiger partial charge in [-0.15, -0.1) is 0 Å². The summed E-state index contributed by atoms with van der Waals surface area (Å²) < 4.78 is 1.81. The Bertz CT molecular complexity index is 1080. The third-order valence-corrected chi connectivity index (χ3v) is 4.36. The van der Waals surface area contributed by atoms with Crippen LogP contribution in [0, 0.1) is 6.92 Å². The summed E-state index contributed by atoms with van der Waals surface area (Å²) in [6.45, 7) is 2.56. The molecule has 0 aliphatic heterocycles. The Morgan fingerprint density at radius 2 is 1.52 bits per heavy atom. The van der Waals surface area contributed by atoms with E-state index in [0.29, 0.717) is 12.2 Å². The number of nitrogens with zero attached hydrogens (tertiary/aromatic N) is 2. The van der Waals surface area contributed by atoms with E-state index in [1.807, 2.05) is 90.4 Å². The fourth-order valence-electron chi connectivity index (χ4n) is 3.01. The van der Waals surface area contributed by atoms with Crippen LogP contribution in [0.1, 0.15) is 11.1 Å². The van der Waals surface area contributed by atoms with Gasteiger partial charge in [-0.05, 0) is 24.6 Å². The highest BCUT2D eigenvalue weighted by Crippen LogP contribution is 2.19. The van der Waals surface area contributed by atoms with Crippen molar-refractivity contribution in [2.24, 2.45) is 0 Å². The van der Waals surface area contributed by atoms with Gasteiger partial charge < -0.3 is 4.57 Å². The first-order valence-corrected chi connectivity index (χ1v) is 8.33. The van der Waals surface area contributed by atoms with Crippen molar-refractivity contribution in [1.82, 2.24) is 9.55 Å². The largest absolute Gasteiger partial charge is 0.300 e. The molecule has 0 spiro atoms. The van der Waals surface area contributed by atoms with Crippen molar-refractivity contribution in [2.45, 2.75) is 13.5 Å². The molecule has 0 atom stereocenters. The van der Waals surface area contributed by atoms with Gasteiger partial charge in [0.1, 0.15) is 5.69 Å². The number of benzene rings is 3. The summed E-state index contributed by atoms with van der Waals surface area (Å²) in [5.41, 5.74) is 5.22. The zero-order chi connectivity index (χ0) is 17.2. The predicted octanol–water partition coefficient (Wildman–Crippen LogP) is 4.42. The predicted molar refractivity (Wildman–Crippen MR) is 102 cm³/mol. The molecule has 1 aromatic heterocycles. The van der Waals surface area contributed by atoms with Crippen LogP contribution in [-0.4, -0.2) is 9.55 Å². The third-order valence-electron chi connectivity index (χ3n) is 4.36. The monoisotopic (exact) mass is 326 g/mol. The summed E-state index contributed by atoms with van der Waals surface area (Å²) in [7, 11) is 0. The lowest BCUT2D eigenvalue weighted by molar-refractivity contribution is 0.789. The molecule has 4 rings (SSSR count). The van der Waals surface area contributed by atoms with Crippen LogP contribution in [0.25, 0.3) is 22.3 Å². The Labute approximate surface area is 146 Å². The molecule has 0 saturated heterocycles. The minimum atomic E-state index is -0.0635. The fraction of sp³-hybridized carbons (Fsp3) is 0.0909. The fourth-order valence-corrected chi connectivity index (χ4v) is 3.01. The summed E-state index contributed by atoms with van der Waals surface area (Å²) in [6.07, 6.45) is 0. The molecule has 0 N–H and O–H groups in total. The van der Waals surface area contributed by atoms with Crippen LogP contribution in [0.4, 0.5) is 0 Å². The van der Waals surface area contributed by atoms with Gasteiger partial charge >= 0.3 is 0 Å². The summed E-state index contributed by atoms with van der Waals surface area (Å²) in [5, 5.41) is 0. The van der Waals surface area contributed by atoms with Gasteiger partial charge in [-0.25, -0.2) is 4.98 Å². The van der Waals surface area contributed by atoms with Crippen LogP contribution in [0.5, 0.6) is 0 Å². The Balaban J connectivity index is 1.95. The maximum atomic E-state index is 13.2. The van der Waals surface area contributed by atoms with Crippen LogP contribution in [0.2, 0.25) is 0 Å². The second-order valence-electron chi connectivity index (χ2n) is 6.19. The number of aryl methyl sites for hydroxylation is 1. The minimum Gasteiger partial charge on any atom is -0.300 e. The van der Waals surface area contributed by atoms with Crippen LogP contribution in [-0.2, 0) is 6.54 Å². The maximum Gasteiger partial charge on any atom is 0.277 e. The van der Waals surface area contributed by atoms with Gasteiger partial charge in [0.15, 0.2) is 0 Å². The van der Waals surface area contributed by atoms with Crippen molar-refractivity contribution >= 4 is 11.0 Å². The Kier molecular flexibility index (Phi) is 3.90. The van der Waals surface area contributed by atoms with E-state index in [4.69, 9.17) is 0 Å². The van der Waals surface area contributed by atoms with Gasteiger partial charge in [-0.1, -0.05) is 72.3 Å². The molecule has 0 bridgehead atoms. The molecule has 3 aromatic carbocycles. The quantitative estimate of drug-likeness (QED) is 0.558. The van der Waals surface area contributed by atoms with Crippen LogP contribution < -0.4 is 5.56 Å². The first kappa shape index (κ1) is 15.3. The second kappa shape index (κ2) is 6.36. The summed E-state index contributed by atoms with van der Waals surface area (Å²) >= 11 is 0. The molecule has 0 saturated carbocycles. The smallest absolute Gasteiger partial charge is 0.277 e. The Morgan fingerprint density at radius 1 is 0.840 bits per heavy atom. The number of hydrogen-bond acceptors (Lipinski definition) is 2. The average molecular weight is 326 g/mol. The zero-order valence-corrected chi connectivity index (χ0v) is 14.0. The number of aromatic nitrogens is 2. The highest BCUT2D eigenvalue weighted by atomic mass is 16.1. The first-order chi connectivity index (χ1) is 12.2. The Hall–Kier alpha value is -3.20. The molecule has 4 aromatic rings. The highest BCUT2D eigenvalue weighted by molar-refractivity contribution is 5.78. The molecule has 0 aliphatic rings. The van der Waals surface area contributed by atoms with Crippen molar-refractivity contribution in [1.29, 1.82) is 0 Å². The SMILES string of the molecule is Cc1ccc(-c2nc3ccccc3n(Cc3ccccc3)c2=O)cc1. The standard InChI is InChI=1S/C22H18N2O/c1-16-11-13-18(14-12-16)21-22(25)24(15-17-7-3-2-4-8-17)20-10-6-5-9-19(20)23-21/h2-14H,15H2,1H3. The van der Waals surface area contributed by atoms with E-state index in [1.54, 1.807) is 0 Å². The molecule has 0 fully saturated rings. The molecule has 0 unspecified atom stereocenters. The molecule has 3 heteroatoms. The average Bonchev–Trinajstić information content (AvgIpc) is 2.65. The number of hydrogen-bond donors (Lipinski definition) is 0. The Morgan fingerprint density at radius 3 is 2.28 bits per heavy atom. The summed E-state index contributed by atoms with van der Waals surface area (Å²) in [4.78, 5) is 17.8. The summed E-state index contributed by atoms with van der Waals surface area (Å²) in [5.74, 6) is 0. The van der Waals surface area contributed by atoms with Gasteiger partial charge in [-0.3, -0.25) is 4.79 Å². The lowest BCUT2D eigenvalue weighted by Crippen LogP contribution is -2.24. The third kappa shape index (κ3) is 2.96. The van der Waals surface area contributed by atoms with Gasteiger partial charge in [0, 0.05) is 5.56 Å². The van der Waals surface area contributed by atoms with Crippen molar-refractivity contribution in [3.05, 3.63) is 100 Å². The lowest BCUT2D eigenvalue weighted by Gasteiger charge is -2.12. The van der Waals surface area contributed by atoms with E-state index in [9.17, 15) is 4.79 Å². The van der Waals surface area contributed by atoms with Crippen LogP contribution >= 0.6 is 0 Å². The van der Waals surface area contributed by atoms with E-state index in [2.05, 4.69) is 4.98 Å². The highest BCUT2D eigenvalue weighted by Gasteiger charge is 2.12. The molecular weight excluding hydrogens is 308 g/mol. The topological polar surface area (TPSA) is 34.9 Å². The number of fused-ring (bicyclic) bond motifs is 1. The van der Waals surface area contributed by atoms with E-state index in [-0.39, 0.29) is 5.56 Å². The van der Waals surface area contributed by atoms with Gasteiger partial charge in [-0.2, -0.15) is 0 Å². The molecule has 0 amide bonds. The maximum absolute atomic E-state index is 13.2. The van der Waals surface area contributed by atoms with E-state index >= 15 is 0 Å². The van der Waals surface area contributed by atoms with Crippen molar-refractivity contribution in [3.63, 3.8) is 0 Å². The number of para-hydroxylation sites is 2. The van der Waals surface area contributed by atoms with E-state index in [1.165, 1.54) is 0 Å². The first-order valence-electron chi connectivity index (χ1n) is 8.33. The zero-order valence-electron chi connectivity index (χ0n) is 14.0. The molecular formula is C22H18N2O. The van der Waals surface area contributed by atoms with Gasteiger partial charge in [0.2, 0.25) is 0 Å². The van der Waals surface area contributed by atoms with E-state index in [0.717, 1.165) is 27.7 Å². The van der Waals surface area contributed by atoms with Gasteiger partial charge in [0.05, 0.1) is 17.6 Å². The van der Waals surface area contributed by atoms with Gasteiger partial charge in [0.25, 0.3) is 5.56 Å². The van der Waals surface area contributed by atoms with Crippen molar-refractivity contribution in [2.75, 3.05) is 0 Å². The molecule has 3 nitrogen and oxygen atoms in total. The minimum absolute atomic E-state index is 0.0635.